The second-order valence-electron chi connectivity index (χ2n) is 7.52. The fraction of sp³-hybridized carbons (Fsp3) is 0.240. The molecule has 1 amide bonds. The molecule has 0 spiro atoms. The molecule has 0 unspecified atom stereocenters. The zero-order chi connectivity index (χ0) is 24.7. The largest absolute Gasteiger partial charge is 0.497 e. The van der Waals surface area contributed by atoms with E-state index in [0.717, 1.165) is 5.56 Å². The Morgan fingerprint density at radius 2 is 1.68 bits per heavy atom. The normalized spacial score (nSPS) is 11.9. The van der Waals surface area contributed by atoms with E-state index in [1.807, 2.05) is 32.0 Å². The highest BCUT2D eigenvalue weighted by molar-refractivity contribution is 7.92. The summed E-state index contributed by atoms with van der Waals surface area (Å²) in [6, 6.07) is 18.1. The standard InChI is InChI=1S/C25H28N2O6S/c1-5-23(33-20-8-6-7-17(2)15-20)25(28)26-18-9-12-21(13-10-18)34(29,30)27-22-14-11-19(31-3)16-24(22)32-4/h6-16,23,27H,5H2,1-4H3,(H,26,28)/t23-/m1/s1. The van der Waals surface area contributed by atoms with Gasteiger partial charge in [0.2, 0.25) is 0 Å². The van der Waals surface area contributed by atoms with Gasteiger partial charge in [0.1, 0.15) is 17.2 Å². The maximum Gasteiger partial charge on any atom is 0.265 e. The third-order valence-electron chi connectivity index (χ3n) is 5.02. The first kappa shape index (κ1) is 24.9. The molecule has 0 fully saturated rings. The molecule has 8 nitrogen and oxygen atoms in total. The van der Waals surface area contributed by atoms with E-state index in [2.05, 4.69) is 10.0 Å². The SMILES string of the molecule is CC[C@@H](Oc1cccc(C)c1)C(=O)Nc1ccc(S(=O)(=O)Nc2ccc(OC)cc2OC)cc1. The number of nitrogens with one attached hydrogen (secondary N) is 2. The minimum Gasteiger partial charge on any atom is -0.497 e. The smallest absolute Gasteiger partial charge is 0.265 e. The molecule has 3 rings (SSSR count). The van der Waals surface area contributed by atoms with Gasteiger partial charge in [-0.2, -0.15) is 0 Å². The van der Waals surface area contributed by atoms with E-state index in [0.29, 0.717) is 29.4 Å². The van der Waals surface area contributed by atoms with Gasteiger partial charge in [-0.1, -0.05) is 19.1 Å². The predicted octanol–water partition coefficient (Wildman–Crippen LogP) is 4.61. The summed E-state index contributed by atoms with van der Waals surface area (Å²) in [5, 5.41) is 2.77. The topological polar surface area (TPSA) is 103 Å². The van der Waals surface area contributed by atoms with Gasteiger partial charge in [0, 0.05) is 11.8 Å². The number of benzene rings is 3. The van der Waals surface area contributed by atoms with E-state index in [-0.39, 0.29) is 16.5 Å². The molecule has 1 atom stereocenters. The van der Waals surface area contributed by atoms with Gasteiger partial charge in [0.25, 0.3) is 15.9 Å². The van der Waals surface area contributed by atoms with E-state index >= 15 is 0 Å². The van der Waals surface area contributed by atoms with Crippen molar-refractivity contribution >= 4 is 27.3 Å². The Labute approximate surface area is 199 Å². The summed E-state index contributed by atoms with van der Waals surface area (Å²) in [6.45, 7) is 3.80. The van der Waals surface area contributed by atoms with Crippen molar-refractivity contribution in [2.45, 2.75) is 31.3 Å². The highest BCUT2D eigenvalue weighted by Gasteiger charge is 2.20. The van der Waals surface area contributed by atoms with Crippen molar-refractivity contribution in [1.82, 2.24) is 0 Å². The first-order valence-corrected chi connectivity index (χ1v) is 12.1. The number of anilines is 2. The van der Waals surface area contributed by atoms with Crippen LogP contribution in [-0.2, 0) is 14.8 Å². The minimum absolute atomic E-state index is 0.0337. The summed E-state index contributed by atoms with van der Waals surface area (Å²) in [5.74, 6) is 1.16. The van der Waals surface area contributed by atoms with Crippen LogP contribution in [0.1, 0.15) is 18.9 Å². The van der Waals surface area contributed by atoms with Crippen molar-refractivity contribution in [3.63, 3.8) is 0 Å². The third-order valence-corrected chi connectivity index (χ3v) is 6.40. The molecule has 0 saturated heterocycles. The number of hydrogen-bond acceptors (Lipinski definition) is 6. The van der Waals surface area contributed by atoms with Gasteiger partial charge in [-0.3, -0.25) is 9.52 Å². The molecule has 0 aliphatic carbocycles. The van der Waals surface area contributed by atoms with Gasteiger partial charge in [-0.15, -0.1) is 0 Å². The lowest BCUT2D eigenvalue weighted by Crippen LogP contribution is -2.32. The van der Waals surface area contributed by atoms with Crippen LogP contribution >= 0.6 is 0 Å². The first-order valence-electron chi connectivity index (χ1n) is 10.6. The number of methoxy groups -OCH3 is 2. The lowest BCUT2D eigenvalue weighted by Gasteiger charge is -2.18. The molecule has 180 valence electrons. The van der Waals surface area contributed by atoms with Crippen molar-refractivity contribution < 1.29 is 27.4 Å². The number of hydrogen-bond donors (Lipinski definition) is 2. The lowest BCUT2D eigenvalue weighted by atomic mass is 10.2. The molecule has 0 aromatic heterocycles. The summed E-state index contributed by atoms with van der Waals surface area (Å²) in [4.78, 5) is 12.7. The van der Waals surface area contributed by atoms with Crippen LogP contribution in [0.2, 0.25) is 0 Å². The number of aryl methyl sites for hydroxylation is 1. The zero-order valence-corrected chi connectivity index (χ0v) is 20.3. The Hall–Kier alpha value is -3.72. The second-order valence-corrected chi connectivity index (χ2v) is 9.20. The van der Waals surface area contributed by atoms with E-state index < -0.39 is 16.1 Å². The van der Waals surface area contributed by atoms with Crippen molar-refractivity contribution in [2.24, 2.45) is 0 Å². The first-order chi connectivity index (χ1) is 16.2. The molecule has 3 aromatic rings. The van der Waals surface area contributed by atoms with Gasteiger partial charge < -0.3 is 19.5 Å². The van der Waals surface area contributed by atoms with Crippen LogP contribution in [0.15, 0.2) is 71.6 Å². The van der Waals surface area contributed by atoms with Crippen molar-refractivity contribution in [3.05, 3.63) is 72.3 Å². The predicted molar refractivity (Wildman–Crippen MR) is 131 cm³/mol. The number of amides is 1. The lowest BCUT2D eigenvalue weighted by molar-refractivity contribution is -0.122. The summed E-state index contributed by atoms with van der Waals surface area (Å²) < 4.78 is 44.4. The highest BCUT2D eigenvalue weighted by Crippen LogP contribution is 2.31. The quantitative estimate of drug-likeness (QED) is 0.436. The van der Waals surface area contributed by atoms with Crippen LogP contribution in [0, 0.1) is 6.92 Å². The van der Waals surface area contributed by atoms with Crippen molar-refractivity contribution in [2.75, 3.05) is 24.3 Å². The van der Waals surface area contributed by atoms with E-state index in [9.17, 15) is 13.2 Å². The van der Waals surface area contributed by atoms with Crippen molar-refractivity contribution in [3.8, 4) is 17.2 Å². The fourth-order valence-electron chi connectivity index (χ4n) is 3.20. The summed E-state index contributed by atoms with van der Waals surface area (Å²) in [5.41, 5.74) is 1.77. The number of ether oxygens (including phenoxy) is 3. The molecule has 0 heterocycles. The van der Waals surface area contributed by atoms with E-state index in [1.54, 1.807) is 24.3 Å². The fourth-order valence-corrected chi connectivity index (χ4v) is 4.27. The van der Waals surface area contributed by atoms with Crippen molar-refractivity contribution in [1.29, 1.82) is 0 Å². The monoisotopic (exact) mass is 484 g/mol. The molecule has 2 N–H and O–H groups in total. The Bertz CT molecular complexity index is 1240. The molecule has 0 saturated carbocycles. The van der Waals surface area contributed by atoms with Gasteiger partial charge >= 0.3 is 0 Å². The Kier molecular flexibility index (Phi) is 8.01. The van der Waals surface area contributed by atoms with Crippen LogP contribution in [0.25, 0.3) is 0 Å². The number of rotatable bonds is 10. The Morgan fingerprint density at radius 1 is 0.941 bits per heavy atom. The second kappa shape index (κ2) is 10.9. The maximum absolute atomic E-state index is 12.8. The molecule has 0 radical (unpaired) electrons. The Morgan fingerprint density at radius 3 is 2.29 bits per heavy atom. The van der Waals surface area contributed by atoms with E-state index in [1.165, 1.54) is 38.5 Å². The molecule has 9 heteroatoms. The molecule has 0 aliphatic heterocycles. The van der Waals surface area contributed by atoms with Gasteiger partial charge in [-0.25, -0.2) is 8.42 Å². The number of carbonyl (C=O) groups is 1. The molecular weight excluding hydrogens is 456 g/mol. The van der Waals surface area contributed by atoms with Gasteiger partial charge in [0.05, 0.1) is 24.8 Å². The van der Waals surface area contributed by atoms with Crippen LogP contribution in [0.4, 0.5) is 11.4 Å². The minimum atomic E-state index is -3.88. The van der Waals surface area contributed by atoms with Crippen LogP contribution in [0.5, 0.6) is 17.2 Å². The number of carbonyl (C=O) groups excluding carboxylic acids is 1. The van der Waals surface area contributed by atoms with Gasteiger partial charge in [0.15, 0.2) is 6.10 Å². The zero-order valence-electron chi connectivity index (χ0n) is 19.5. The number of sulfonamides is 1. The maximum atomic E-state index is 12.8. The third kappa shape index (κ3) is 6.20. The molecule has 0 bridgehead atoms. The summed E-state index contributed by atoms with van der Waals surface area (Å²) in [7, 11) is -0.934. The van der Waals surface area contributed by atoms with Gasteiger partial charge in [-0.05, 0) is 67.4 Å². The van der Waals surface area contributed by atoms with E-state index in [4.69, 9.17) is 14.2 Å². The van der Waals surface area contributed by atoms with Crippen LogP contribution < -0.4 is 24.2 Å². The molecule has 34 heavy (non-hydrogen) atoms. The molecule has 3 aromatic carbocycles. The van der Waals surface area contributed by atoms with Crippen LogP contribution in [-0.4, -0.2) is 34.6 Å². The molecule has 0 aliphatic rings. The summed E-state index contributed by atoms with van der Waals surface area (Å²) in [6.07, 6.45) is -0.214. The summed E-state index contributed by atoms with van der Waals surface area (Å²) >= 11 is 0. The highest BCUT2D eigenvalue weighted by atomic mass is 32.2. The Balaban J connectivity index is 1.69. The average molecular weight is 485 g/mol. The molecular formula is C25H28N2O6S. The van der Waals surface area contributed by atoms with Crippen LogP contribution in [0.3, 0.4) is 0 Å². The average Bonchev–Trinajstić information content (AvgIpc) is 2.83.